The molecule has 0 aliphatic carbocycles. The summed E-state index contributed by atoms with van der Waals surface area (Å²) in [7, 11) is 0. The Kier molecular flexibility index (Phi) is 5.04. The van der Waals surface area contributed by atoms with E-state index in [1.165, 1.54) is 6.07 Å². The summed E-state index contributed by atoms with van der Waals surface area (Å²) in [6.45, 7) is 1.01. The first kappa shape index (κ1) is 17.7. The summed E-state index contributed by atoms with van der Waals surface area (Å²) in [5.41, 5.74) is 5.91. The van der Waals surface area contributed by atoms with E-state index < -0.39 is 18.0 Å². The van der Waals surface area contributed by atoms with Gasteiger partial charge < -0.3 is 20.0 Å². The number of nitrogens with two attached hydrogens (primary N) is 1. The minimum absolute atomic E-state index is 0.0433. The van der Waals surface area contributed by atoms with Gasteiger partial charge in [-0.1, -0.05) is 0 Å². The first-order chi connectivity index (χ1) is 12.4. The number of furan rings is 1. The number of carboxylic acids is 1. The van der Waals surface area contributed by atoms with Crippen molar-refractivity contribution in [3.8, 4) is 5.75 Å². The van der Waals surface area contributed by atoms with Gasteiger partial charge in [0.2, 0.25) is 5.76 Å². The number of amidine groups is 1. The Morgan fingerprint density at radius 3 is 2.65 bits per heavy atom. The van der Waals surface area contributed by atoms with Crippen LogP contribution < -0.4 is 10.5 Å². The summed E-state index contributed by atoms with van der Waals surface area (Å²) in [6, 6.07) is 8.88. The molecular formula is C18H19N3O5. The molecule has 2 heterocycles. The van der Waals surface area contributed by atoms with Crippen LogP contribution in [0.2, 0.25) is 0 Å². The number of benzene rings is 1. The highest BCUT2D eigenvalue weighted by atomic mass is 16.5. The zero-order valence-electron chi connectivity index (χ0n) is 14.0. The number of hydrogen-bond acceptors (Lipinski definition) is 6. The zero-order valence-corrected chi connectivity index (χ0v) is 14.0. The molecule has 0 saturated carbocycles. The average Bonchev–Trinajstić information content (AvgIpc) is 3.25. The highest BCUT2D eigenvalue weighted by molar-refractivity contribution is 5.95. The number of carbonyl (C=O) groups excluding carboxylic acids is 1. The number of nitrogens with zero attached hydrogens (tertiary/aromatic N) is 1. The lowest BCUT2D eigenvalue weighted by Crippen LogP contribution is -2.35. The molecule has 0 bridgehead atoms. The molecule has 1 atom stereocenters. The Morgan fingerprint density at radius 2 is 2.00 bits per heavy atom. The predicted molar refractivity (Wildman–Crippen MR) is 92.2 cm³/mol. The number of hydrogen-bond donors (Lipinski definition) is 3. The standard InChI is InChI=1S/C18H19N3O5/c19-16(20)11-3-5-12(6-4-11)26-18(24)15-8-7-13(25-15)10-21-9-1-2-14(21)17(22)23/h3-8,14H,1-2,9-10H2,(H3,19,20)(H,22,23)/t14-/m0/s1. The smallest absolute Gasteiger partial charge is 0.379 e. The van der Waals surface area contributed by atoms with Crippen molar-refractivity contribution in [2.45, 2.75) is 25.4 Å². The van der Waals surface area contributed by atoms with E-state index in [1.54, 1.807) is 30.3 Å². The van der Waals surface area contributed by atoms with E-state index in [4.69, 9.17) is 20.3 Å². The van der Waals surface area contributed by atoms with Gasteiger partial charge in [0.15, 0.2) is 0 Å². The third kappa shape index (κ3) is 3.92. The van der Waals surface area contributed by atoms with Crippen LogP contribution in [0.4, 0.5) is 0 Å². The summed E-state index contributed by atoms with van der Waals surface area (Å²) in [4.78, 5) is 25.2. The molecule has 8 nitrogen and oxygen atoms in total. The van der Waals surface area contributed by atoms with Crippen LogP contribution in [0.3, 0.4) is 0 Å². The first-order valence-electron chi connectivity index (χ1n) is 8.16. The fourth-order valence-corrected chi connectivity index (χ4v) is 2.93. The molecule has 4 N–H and O–H groups in total. The summed E-state index contributed by atoms with van der Waals surface area (Å²) >= 11 is 0. The highest BCUT2D eigenvalue weighted by Crippen LogP contribution is 2.22. The molecule has 1 aliphatic heterocycles. The quantitative estimate of drug-likeness (QED) is 0.311. The number of ether oxygens (including phenoxy) is 1. The molecule has 1 fully saturated rings. The van der Waals surface area contributed by atoms with Crippen molar-refractivity contribution >= 4 is 17.8 Å². The second kappa shape index (κ2) is 7.40. The third-order valence-electron chi connectivity index (χ3n) is 4.25. The van der Waals surface area contributed by atoms with Crippen LogP contribution in [0.25, 0.3) is 0 Å². The van der Waals surface area contributed by atoms with Crippen LogP contribution in [0.5, 0.6) is 5.75 Å². The summed E-state index contributed by atoms with van der Waals surface area (Å²) in [5, 5.41) is 16.5. The second-order valence-electron chi connectivity index (χ2n) is 6.06. The number of rotatable bonds is 6. The van der Waals surface area contributed by atoms with E-state index in [0.717, 1.165) is 6.42 Å². The van der Waals surface area contributed by atoms with Gasteiger partial charge in [0.05, 0.1) is 6.54 Å². The molecule has 8 heteroatoms. The number of esters is 1. The lowest BCUT2D eigenvalue weighted by molar-refractivity contribution is -0.142. The van der Waals surface area contributed by atoms with Gasteiger partial charge in [0, 0.05) is 5.56 Å². The molecule has 0 unspecified atom stereocenters. The number of nitrogen functional groups attached to an aromatic ring is 1. The van der Waals surface area contributed by atoms with E-state index in [0.29, 0.717) is 36.6 Å². The molecular weight excluding hydrogens is 338 g/mol. The average molecular weight is 357 g/mol. The van der Waals surface area contributed by atoms with Crippen molar-refractivity contribution in [1.29, 1.82) is 5.41 Å². The van der Waals surface area contributed by atoms with Gasteiger partial charge in [-0.2, -0.15) is 0 Å². The minimum atomic E-state index is -0.845. The predicted octanol–water partition coefficient (Wildman–Crippen LogP) is 1.83. The SMILES string of the molecule is N=C(N)c1ccc(OC(=O)c2ccc(CN3CCC[C@H]3C(=O)O)o2)cc1. The molecule has 0 spiro atoms. The van der Waals surface area contributed by atoms with Crippen molar-refractivity contribution < 1.29 is 23.8 Å². The Balaban J connectivity index is 1.62. The number of nitrogens with one attached hydrogen (secondary N) is 1. The van der Waals surface area contributed by atoms with E-state index >= 15 is 0 Å². The number of likely N-dealkylation sites (tertiary alicyclic amines) is 1. The Morgan fingerprint density at radius 1 is 1.27 bits per heavy atom. The monoisotopic (exact) mass is 357 g/mol. The van der Waals surface area contributed by atoms with Crippen molar-refractivity contribution in [2.75, 3.05) is 6.54 Å². The fourth-order valence-electron chi connectivity index (χ4n) is 2.93. The normalized spacial score (nSPS) is 17.2. The van der Waals surface area contributed by atoms with Gasteiger partial charge >= 0.3 is 11.9 Å². The summed E-state index contributed by atoms with van der Waals surface area (Å²) < 4.78 is 10.7. The Hall–Kier alpha value is -3.13. The fraction of sp³-hybridized carbons (Fsp3) is 0.278. The van der Waals surface area contributed by atoms with Gasteiger partial charge in [-0.3, -0.25) is 15.1 Å². The number of carbonyl (C=O) groups is 2. The van der Waals surface area contributed by atoms with Crippen LogP contribution >= 0.6 is 0 Å². The molecule has 2 aromatic rings. The lowest BCUT2D eigenvalue weighted by atomic mass is 10.2. The number of carboxylic acid groups (broad SMARTS) is 1. The van der Waals surface area contributed by atoms with E-state index in [-0.39, 0.29) is 11.6 Å². The lowest BCUT2D eigenvalue weighted by Gasteiger charge is -2.19. The topological polar surface area (TPSA) is 130 Å². The van der Waals surface area contributed by atoms with Crippen LogP contribution in [0.1, 0.15) is 34.7 Å². The van der Waals surface area contributed by atoms with E-state index in [1.807, 2.05) is 4.90 Å². The van der Waals surface area contributed by atoms with Crippen molar-refractivity contribution in [3.05, 3.63) is 53.5 Å². The molecule has 1 aromatic carbocycles. The van der Waals surface area contributed by atoms with Crippen LogP contribution in [-0.4, -0.2) is 40.4 Å². The molecule has 1 aromatic heterocycles. The van der Waals surface area contributed by atoms with Crippen molar-refractivity contribution in [3.63, 3.8) is 0 Å². The molecule has 1 aliphatic rings. The van der Waals surface area contributed by atoms with E-state index in [9.17, 15) is 14.7 Å². The van der Waals surface area contributed by atoms with Crippen molar-refractivity contribution in [2.24, 2.45) is 5.73 Å². The molecule has 26 heavy (non-hydrogen) atoms. The molecule has 0 amide bonds. The highest BCUT2D eigenvalue weighted by Gasteiger charge is 2.31. The maximum Gasteiger partial charge on any atom is 0.379 e. The Labute approximate surface area is 149 Å². The minimum Gasteiger partial charge on any atom is -0.480 e. The van der Waals surface area contributed by atoms with Gasteiger partial charge in [0.1, 0.15) is 23.4 Å². The molecule has 0 radical (unpaired) electrons. The van der Waals surface area contributed by atoms with Crippen LogP contribution in [-0.2, 0) is 11.3 Å². The summed E-state index contributed by atoms with van der Waals surface area (Å²) in [6.07, 6.45) is 1.43. The molecule has 1 saturated heterocycles. The van der Waals surface area contributed by atoms with Gasteiger partial charge in [-0.15, -0.1) is 0 Å². The number of aliphatic carboxylic acids is 1. The Bertz CT molecular complexity index is 828. The summed E-state index contributed by atoms with van der Waals surface area (Å²) in [5.74, 6) is -0.701. The third-order valence-corrected chi connectivity index (χ3v) is 4.25. The zero-order chi connectivity index (χ0) is 18.7. The molecule has 3 rings (SSSR count). The van der Waals surface area contributed by atoms with Gasteiger partial charge in [-0.25, -0.2) is 4.79 Å². The molecule has 136 valence electrons. The van der Waals surface area contributed by atoms with Crippen LogP contribution in [0.15, 0.2) is 40.8 Å². The van der Waals surface area contributed by atoms with Gasteiger partial charge in [0.25, 0.3) is 0 Å². The first-order valence-corrected chi connectivity index (χ1v) is 8.16. The van der Waals surface area contributed by atoms with Gasteiger partial charge in [-0.05, 0) is 55.8 Å². The maximum atomic E-state index is 12.2. The maximum absolute atomic E-state index is 12.2. The van der Waals surface area contributed by atoms with Crippen LogP contribution in [0, 0.1) is 5.41 Å². The largest absolute Gasteiger partial charge is 0.480 e. The second-order valence-corrected chi connectivity index (χ2v) is 6.06. The van der Waals surface area contributed by atoms with E-state index in [2.05, 4.69) is 0 Å². The van der Waals surface area contributed by atoms with Crippen molar-refractivity contribution in [1.82, 2.24) is 4.90 Å².